The average Bonchev–Trinajstić information content (AvgIpc) is 2.89. The van der Waals surface area contributed by atoms with Gasteiger partial charge in [-0.1, -0.05) is 0 Å². The lowest BCUT2D eigenvalue weighted by Crippen LogP contribution is -2.20. The van der Waals surface area contributed by atoms with Gasteiger partial charge in [-0.15, -0.1) is 0 Å². The summed E-state index contributed by atoms with van der Waals surface area (Å²) >= 11 is 0. The maximum atomic E-state index is 11.8. The fourth-order valence-corrected chi connectivity index (χ4v) is 1.84. The van der Waals surface area contributed by atoms with E-state index in [-0.39, 0.29) is 13.4 Å². The zero-order chi connectivity index (χ0) is 14.4. The van der Waals surface area contributed by atoms with E-state index in [4.69, 9.17) is 18.9 Å². The van der Waals surface area contributed by atoms with Crippen molar-refractivity contribution in [1.82, 2.24) is 5.32 Å². The third-order valence-corrected chi connectivity index (χ3v) is 2.71. The number of ether oxygens (including phenoxy) is 4. The topological polar surface area (TPSA) is 49.0 Å². The second kappa shape index (κ2) is 7.25. The fourth-order valence-electron chi connectivity index (χ4n) is 1.84. The molecule has 112 valence electrons. The van der Waals surface area contributed by atoms with E-state index < -0.39 is 13.0 Å². The molecule has 0 saturated carbocycles. The van der Waals surface area contributed by atoms with Crippen LogP contribution in [-0.4, -0.2) is 40.1 Å². The van der Waals surface area contributed by atoms with E-state index in [1.165, 1.54) is 0 Å². The number of halogens is 2. The van der Waals surface area contributed by atoms with Gasteiger partial charge in [0.15, 0.2) is 11.5 Å². The number of benzene rings is 1. The second-order valence-corrected chi connectivity index (χ2v) is 4.17. The lowest BCUT2D eigenvalue weighted by Gasteiger charge is -2.09. The minimum atomic E-state index is -2.42. The van der Waals surface area contributed by atoms with Crippen molar-refractivity contribution in [2.75, 3.05) is 33.7 Å². The van der Waals surface area contributed by atoms with Crippen molar-refractivity contribution in [3.05, 3.63) is 17.7 Å². The van der Waals surface area contributed by atoms with Gasteiger partial charge in [-0.2, -0.15) is 0 Å². The molecule has 0 radical (unpaired) electrons. The first-order valence-corrected chi connectivity index (χ1v) is 6.24. The molecule has 1 aromatic carbocycles. The minimum Gasteiger partial charge on any atom is -0.493 e. The summed E-state index contributed by atoms with van der Waals surface area (Å²) in [5.74, 6) is 1.87. The summed E-state index contributed by atoms with van der Waals surface area (Å²) in [6.45, 7) is 0.949. The van der Waals surface area contributed by atoms with Gasteiger partial charge in [-0.3, -0.25) is 0 Å². The van der Waals surface area contributed by atoms with E-state index in [1.54, 1.807) is 7.11 Å². The van der Waals surface area contributed by atoms with Crippen LogP contribution in [0.1, 0.15) is 5.56 Å². The molecule has 1 heterocycles. The fraction of sp³-hybridized carbons (Fsp3) is 0.538. The first-order valence-electron chi connectivity index (χ1n) is 6.24. The van der Waals surface area contributed by atoms with Gasteiger partial charge in [0.25, 0.3) is 6.43 Å². The molecule has 0 bridgehead atoms. The molecular formula is C13H17F2NO4. The van der Waals surface area contributed by atoms with E-state index in [0.717, 1.165) is 5.56 Å². The normalized spacial score (nSPS) is 13.0. The first kappa shape index (κ1) is 14.8. The number of alkyl halides is 2. The van der Waals surface area contributed by atoms with Crippen molar-refractivity contribution in [2.45, 2.75) is 13.0 Å². The van der Waals surface area contributed by atoms with Crippen LogP contribution in [0, 0.1) is 0 Å². The largest absolute Gasteiger partial charge is 0.493 e. The van der Waals surface area contributed by atoms with Crippen LogP contribution in [0.25, 0.3) is 0 Å². The van der Waals surface area contributed by atoms with Gasteiger partial charge >= 0.3 is 0 Å². The van der Waals surface area contributed by atoms with Crippen LogP contribution in [-0.2, 0) is 11.3 Å². The van der Waals surface area contributed by atoms with E-state index in [0.29, 0.717) is 30.3 Å². The average molecular weight is 289 g/mol. The summed E-state index contributed by atoms with van der Waals surface area (Å²) in [7, 11) is 1.56. The van der Waals surface area contributed by atoms with Crippen molar-refractivity contribution in [1.29, 1.82) is 0 Å². The van der Waals surface area contributed by atoms with Crippen LogP contribution in [0.15, 0.2) is 12.1 Å². The molecule has 2 rings (SSSR count). The predicted octanol–water partition coefficient (Wildman–Crippen LogP) is 1.80. The summed E-state index contributed by atoms with van der Waals surface area (Å²) < 4.78 is 44.3. The number of nitrogens with one attached hydrogen (secondary N) is 1. The molecule has 5 nitrogen and oxygen atoms in total. The molecule has 0 saturated heterocycles. The SMILES string of the molecule is COc1cc(CNCCOCC(F)F)cc2c1OCO2. The van der Waals surface area contributed by atoms with Crippen LogP contribution >= 0.6 is 0 Å². The Morgan fingerprint density at radius 2 is 2.20 bits per heavy atom. The highest BCUT2D eigenvalue weighted by Crippen LogP contribution is 2.41. The lowest BCUT2D eigenvalue weighted by atomic mass is 10.2. The molecule has 0 unspecified atom stereocenters. The Morgan fingerprint density at radius 3 is 2.95 bits per heavy atom. The van der Waals surface area contributed by atoms with Gasteiger partial charge in [-0.05, 0) is 17.7 Å². The third-order valence-electron chi connectivity index (χ3n) is 2.71. The number of hydrogen-bond acceptors (Lipinski definition) is 5. The standard InChI is InChI=1S/C13H17F2NO4/c1-17-10-4-9(5-11-13(10)20-8-19-11)6-16-2-3-18-7-12(14)15/h4-5,12,16H,2-3,6-8H2,1H3. The molecule has 0 amide bonds. The third kappa shape index (κ3) is 3.94. The Bertz CT molecular complexity index is 443. The van der Waals surface area contributed by atoms with Gasteiger partial charge < -0.3 is 24.3 Å². The highest BCUT2D eigenvalue weighted by atomic mass is 19.3. The Balaban J connectivity index is 1.79. The minimum absolute atomic E-state index is 0.185. The van der Waals surface area contributed by atoms with Crippen molar-refractivity contribution < 1.29 is 27.7 Å². The number of rotatable bonds is 8. The summed E-state index contributed by atoms with van der Waals surface area (Å²) in [4.78, 5) is 0. The quantitative estimate of drug-likeness (QED) is 0.739. The summed E-state index contributed by atoms with van der Waals surface area (Å²) in [5.41, 5.74) is 0.958. The van der Waals surface area contributed by atoms with Crippen LogP contribution < -0.4 is 19.5 Å². The van der Waals surface area contributed by atoms with Crippen LogP contribution in [0.2, 0.25) is 0 Å². The molecular weight excluding hydrogens is 272 g/mol. The summed E-state index contributed by atoms with van der Waals surface area (Å²) in [6, 6.07) is 3.71. The van der Waals surface area contributed by atoms with Gasteiger partial charge in [0.2, 0.25) is 12.5 Å². The Kier molecular flexibility index (Phi) is 5.37. The van der Waals surface area contributed by atoms with Crippen LogP contribution in [0.5, 0.6) is 17.2 Å². The zero-order valence-electron chi connectivity index (χ0n) is 11.2. The number of methoxy groups -OCH3 is 1. The van der Waals surface area contributed by atoms with Crippen molar-refractivity contribution in [3.8, 4) is 17.2 Å². The first-order chi connectivity index (χ1) is 9.70. The molecule has 0 spiro atoms. The maximum absolute atomic E-state index is 11.8. The van der Waals surface area contributed by atoms with Gasteiger partial charge in [0.05, 0.1) is 13.7 Å². The monoisotopic (exact) mass is 289 g/mol. The molecule has 0 atom stereocenters. The van der Waals surface area contributed by atoms with E-state index in [9.17, 15) is 8.78 Å². The van der Waals surface area contributed by atoms with Crippen molar-refractivity contribution >= 4 is 0 Å². The molecule has 1 aliphatic rings. The van der Waals surface area contributed by atoms with Crippen LogP contribution in [0.4, 0.5) is 8.78 Å². The van der Waals surface area contributed by atoms with Crippen molar-refractivity contribution in [3.63, 3.8) is 0 Å². The van der Waals surface area contributed by atoms with Crippen molar-refractivity contribution in [2.24, 2.45) is 0 Å². The van der Waals surface area contributed by atoms with Gasteiger partial charge in [0, 0.05) is 13.1 Å². The highest BCUT2D eigenvalue weighted by Gasteiger charge is 2.19. The molecule has 7 heteroatoms. The van der Waals surface area contributed by atoms with E-state index >= 15 is 0 Å². The molecule has 0 fully saturated rings. The number of hydrogen-bond donors (Lipinski definition) is 1. The van der Waals surface area contributed by atoms with E-state index in [2.05, 4.69) is 5.32 Å². The second-order valence-electron chi connectivity index (χ2n) is 4.17. The molecule has 20 heavy (non-hydrogen) atoms. The Labute approximate surface area is 115 Å². The Hall–Kier alpha value is -1.60. The number of fused-ring (bicyclic) bond motifs is 1. The van der Waals surface area contributed by atoms with Crippen LogP contribution in [0.3, 0.4) is 0 Å². The predicted molar refractivity (Wildman–Crippen MR) is 67.6 cm³/mol. The highest BCUT2D eigenvalue weighted by molar-refractivity contribution is 5.55. The van der Waals surface area contributed by atoms with Gasteiger partial charge in [0.1, 0.15) is 6.61 Å². The van der Waals surface area contributed by atoms with E-state index in [1.807, 2.05) is 12.1 Å². The molecule has 1 aliphatic heterocycles. The maximum Gasteiger partial charge on any atom is 0.261 e. The zero-order valence-corrected chi connectivity index (χ0v) is 11.2. The molecule has 0 aromatic heterocycles. The molecule has 1 aromatic rings. The Morgan fingerprint density at radius 1 is 1.35 bits per heavy atom. The smallest absolute Gasteiger partial charge is 0.261 e. The summed E-state index contributed by atoms with van der Waals surface area (Å²) in [6.07, 6.45) is -2.42. The lowest BCUT2D eigenvalue weighted by molar-refractivity contribution is 0.0187. The summed E-state index contributed by atoms with van der Waals surface area (Å²) in [5, 5.41) is 3.10. The molecule has 1 N–H and O–H groups in total. The van der Waals surface area contributed by atoms with Gasteiger partial charge in [-0.25, -0.2) is 8.78 Å². The molecule has 0 aliphatic carbocycles.